The number of benzene rings is 2. The Balaban J connectivity index is 1.65. The number of carbonyl (C=O) groups is 1. The fraction of sp³-hybridized carbons (Fsp3) is 0.273. The molecule has 140 valence electrons. The van der Waals surface area contributed by atoms with Crippen LogP contribution >= 0.6 is 11.3 Å². The van der Waals surface area contributed by atoms with Gasteiger partial charge in [-0.15, -0.1) is 11.3 Å². The molecule has 0 saturated heterocycles. The third-order valence-corrected chi connectivity index (χ3v) is 5.64. The first-order valence-corrected chi connectivity index (χ1v) is 10.1. The number of thiazole rings is 1. The highest BCUT2D eigenvalue weighted by Crippen LogP contribution is 2.24. The third-order valence-electron chi connectivity index (χ3n) is 4.60. The van der Waals surface area contributed by atoms with Crippen LogP contribution in [0.1, 0.15) is 34.6 Å². The van der Waals surface area contributed by atoms with E-state index >= 15 is 0 Å². The van der Waals surface area contributed by atoms with Crippen molar-refractivity contribution in [1.29, 1.82) is 0 Å². The van der Waals surface area contributed by atoms with E-state index < -0.39 is 0 Å². The van der Waals surface area contributed by atoms with Crippen LogP contribution in [0.2, 0.25) is 0 Å². The number of aromatic nitrogens is 1. The topological polar surface area (TPSA) is 45.2 Å². The number of rotatable bonds is 8. The highest BCUT2D eigenvalue weighted by molar-refractivity contribution is 7.16. The van der Waals surface area contributed by atoms with Crippen molar-refractivity contribution < 1.29 is 4.79 Å². The first kappa shape index (κ1) is 19.3. The molecule has 27 heavy (non-hydrogen) atoms. The molecule has 0 bridgehead atoms. The zero-order chi connectivity index (χ0) is 19.1. The molecule has 0 aliphatic rings. The molecule has 1 heterocycles. The summed E-state index contributed by atoms with van der Waals surface area (Å²) in [6.07, 6.45) is 1.66. The summed E-state index contributed by atoms with van der Waals surface area (Å²) in [4.78, 5) is 20.0. The number of carbonyl (C=O) groups excluding carboxylic acids is 1. The molecule has 0 aliphatic carbocycles. The average molecular weight is 380 g/mol. The number of nitrogens with zero attached hydrogens (tertiary/aromatic N) is 2. The van der Waals surface area contributed by atoms with Crippen LogP contribution in [-0.2, 0) is 13.1 Å². The summed E-state index contributed by atoms with van der Waals surface area (Å²) in [5.74, 6) is -0.0766. The maximum atomic E-state index is 12.6. The number of nitrogens with one attached hydrogen (secondary N) is 1. The lowest BCUT2D eigenvalue weighted by atomic mass is 10.1. The summed E-state index contributed by atoms with van der Waals surface area (Å²) in [5.41, 5.74) is 3.45. The largest absolute Gasteiger partial charge is 0.347 e. The zero-order valence-electron chi connectivity index (χ0n) is 15.8. The van der Waals surface area contributed by atoms with Gasteiger partial charge in [0.15, 0.2) is 0 Å². The van der Waals surface area contributed by atoms with Crippen LogP contribution in [0.15, 0.2) is 60.8 Å². The third kappa shape index (κ3) is 5.02. The Bertz CT molecular complexity index is 872. The molecule has 1 amide bonds. The Kier molecular flexibility index (Phi) is 6.74. The van der Waals surface area contributed by atoms with Crippen LogP contribution in [0, 0.1) is 0 Å². The van der Waals surface area contributed by atoms with E-state index in [0.717, 1.165) is 35.8 Å². The lowest BCUT2D eigenvalue weighted by Crippen LogP contribution is -2.25. The van der Waals surface area contributed by atoms with E-state index in [2.05, 4.69) is 47.2 Å². The predicted molar refractivity (Wildman–Crippen MR) is 112 cm³/mol. The average Bonchev–Trinajstić information content (AvgIpc) is 3.22. The number of hydrogen-bond acceptors (Lipinski definition) is 4. The standard InChI is InChI=1S/C22H25N3OS/c1-3-25(4-2)16-19-13-9-8-12-18(19)14-23-21(26)20-15-24-22(27-20)17-10-6-5-7-11-17/h5-13,15H,3-4,14,16H2,1-2H3,(H,23,26). The van der Waals surface area contributed by atoms with Crippen molar-refractivity contribution in [1.82, 2.24) is 15.2 Å². The smallest absolute Gasteiger partial charge is 0.263 e. The molecule has 0 saturated carbocycles. The van der Waals surface area contributed by atoms with E-state index in [9.17, 15) is 4.79 Å². The van der Waals surface area contributed by atoms with Gasteiger partial charge in [-0.25, -0.2) is 4.98 Å². The lowest BCUT2D eigenvalue weighted by molar-refractivity contribution is 0.0954. The van der Waals surface area contributed by atoms with Crippen molar-refractivity contribution >= 4 is 17.2 Å². The summed E-state index contributed by atoms with van der Waals surface area (Å²) < 4.78 is 0. The predicted octanol–water partition coefficient (Wildman–Crippen LogP) is 4.58. The first-order chi connectivity index (χ1) is 13.2. The van der Waals surface area contributed by atoms with Gasteiger partial charge in [0.05, 0.1) is 6.20 Å². The van der Waals surface area contributed by atoms with Gasteiger partial charge in [0.25, 0.3) is 5.91 Å². The summed E-state index contributed by atoms with van der Waals surface area (Å²) in [6, 6.07) is 18.2. The second kappa shape index (κ2) is 9.44. The van der Waals surface area contributed by atoms with Crippen molar-refractivity contribution in [2.45, 2.75) is 26.9 Å². The maximum Gasteiger partial charge on any atom is 0.263 e. The van der Waals surface area contributed by atoms with Gasteiger partial charge >= 0.3 is 0 Å². The number of amides is 1. The van der Waals surface area contributed by atoms with Crippen LogP contribution in [-0.4, -0.2) is 28.9 Å². The van der Waals surface area contributed by atoms with Crippen LogP contribution in [0.5, 0.6) is 0 Å². The zero-order valence-corrected chi connectivity index (χ0v) is 16.6. The molecule has 0 spiro atoms. The van der Waals surface area contributed by atoms with Crippen LogP contribution in [0.4, 0.5) is 0 Å². The second-order valence-electron chi connectivity index (χ2n) is 6.31. The van der Waals surface area contributed by atoms with Gasteiger partial charge in [0.2, 0.25) is 0 Å². The molecule has 1 N–H and O–H groups in total. The lowest BCUT2D eigenvalue weighted by Gasteiger charge is -2.20. The molecule has 2 aromatic carbocycles. The van der Waals surface area contributed by atoms with Gasteiger partial charge in [0.1, 0.15) is 9.88 Å². The van der Waals surface area contributed by atoms with Crippen molar-refractivity contribution in [3.8, 4) is 10.6 Å². The Hall–Kier alpha value is -2.50. The van der Waals surface area contributed by atoms with Gasteiger partial charge in [-0.1, -0.05) is 68.4 Å². The highest BCUT2D eigenvalue weighted by Gasteiger charge is 2.13. The maximum absolute atomic E-state index is 12.6. The molecule has 5 heteroatoms. The Morgan fingerprint density at radius 3 is 2.37 bits per heavy atom. The fourth-order valence-corrected chi connectivity index (χ4v) is 3.77. The second-order valence-corrected chi connectivity index (χ2v) is 7.34. The molecule has 0 atom stereocenters. The van der Waals surface area contributed by atoms with Gasteiger partial charge < -0.3 is 5.32 Å². The van der Waals surface area contributed by atoms with E-state index in [1.807, 2.05) is 36.4 Å². The summed E-state index contributed by atoms with van der Waals surface area (Å²) in [5, 5.41) is 3.91. The van der Waals surface area contributed by atoms with E-state index in [1.54, 1.807) is 6.20 Å². The van der Waals surface area contributed by atoms with Crippen molar-refractivity contribution in [3.05, 3.63) is 76.8 Å². The molecular formula is C22H25N3OS. The quantitative estimate of drug-likeness (QED) is 0.623. The molecule has 4 nitrogen and oxygen atoms in total. The van der Waals surface area contributed by atoms with E-state index in [0.29, 0.717) is 11.4 Å². The molecule has 3 rings (SSSR count). The Morgan fingerprint density at radius 2 is 1.67 bits per heavy atom. The summed E-state index contributed by atoms with van der Waals surface area (Å²) in [6.45, 7) is 7.79. The van der Waals surface area contributed by atoms with Crippen molar-refractivity contribution in [2.75, 3.05) is 13.1 Å². The molecule has 0 fully saturated rings. The SMILES string of the molecule is CCN(CC)Cc1ccccc1CNC(=O)c1cnc(-c2ccccc2)s1. The molecule has 3 aromatic rings. The normalized spacial score (nSPS) is 10.9. The van der Waals surface area contributed by atoms with Crippen molar-refractivity contribution in [2.24, 2.45) is 0 Å². The minimum Gasteiger partial charge on any atom is -0.347 e. The van der Waals surface area contributed by atoms with Gasteiger partial charge in [-0.05, 0) is 24.2 Å². The summed E-state index contributed by atoms with van der Waals surface area (Å²) >= 11 is 1.42. The van der Waals surface area contributed by atoms with Gasteiger partial charge in [0, 0.05) is 18.7 Å². The Morgan fingerprint density at radius 1 is 1.00 bits per heavy atom. The van der Waals surface area contributed by atoms with Crippen LogP contribution in [0.3, 0.4) is 0 Å². The first-order valence-electron chi connectivity index (χ1n) is 9.29. The van der Waals surface area contributed by atoms with Gasteiger partial charge in [-0.2, -0.15) is 0 Å². The molecule has 0 aliphatic heterocycles. The number of hydrogen-bond donors (Lipinski definition) is 1. The van der Waals surface area contributed by atoms with Gasteiger partial charge in [-0.3, -0.25) is 9.69 Å². The Labute approximate surface area is 164 Å². The molecular weight excluding hydrogens is 354 g/mol. The van der Waals surface area contributed by atoms with Crippen molar-refractivity contribution in [3.63, 3.8) is 0 Å². The fourth-order valence-electron chi connectivity index (χ4n) is 2.93. The summed E-state index contributed by atoms with van der Waals surface area (Å²) in [7, 11) is 0. The minimum atomic E-state index is -0.0766. The molecule has 0 radical (unpaired) electrons. The minimum absolute atomic E-state index is 0.0766. The van der Waals surface area contributed by atoms with Crippen LogP contribution in [0.25, 0.3) is 10.6 Å². The molecule has 0 unspecified atom stereocenters. The monoisotopic (exact) mass is 379 g/mol. The van der Waals surface area contributed by atoms with Crippen LogP contribution < -0.4 is 5.32 Å². The van der Waals surface area contributed by atoms with E-state index in [1.165, 1.54) is 16.9 Å². The highest BCUT2D eigenvalue weighted by atomic mass is 32.1. The molecule has 1 aromatic heterocycles. The van der Waals surface area contributed by atoms with E-state index in [-0.39, 0.29) is 5.91 Å². The van der Waals surface area contributed by atoms with E-state index in [4.69, 9.17) is 0 Å².